The van der Waals surface area contributed by atoms with E-state index in [-0.39, 0.29) is 6.04 Å². The Morgan fingerprint density at radius 2 is 2.08 bits per heavy atom. The predicted molar refractivity (Wildman–Crippen MR) is 45.0 cm³/mol. The number of hydrogen-bond donors (Lipinski definition) is 1. The van der Waals surface area contributed by atoms with Gasteiger partial charge in [-0.05, 0) is 20.8 Å². The van der Waals surface area contributed by atoms with E-state index in [2.05, 4.69) is 10.6 Å². The van der Waals surface area contributed by atoms with Crippen LogP contribution in [0.4, 0.5) is 4.79 Å². The molecule has 0 aromatic rings. The summed E-state index contributed by atoms with van der Waals surface area (Å²) in [6, 6.07) is 0.125. The highest BCUT2D eigenvalue weighted by atomic mass is 16.6. The molecule has 1 aliphatic heterocycles. The van der Waals surface area contributed by atoms with Crippen LogP contribution in [-0.4, -0.2) is 30.8 Å². The van der Waals surface area contributed by atoms with E-state index in [1.54, 1.807) is 0 Å². The van der Waals surface area contributed by atoms with Gasteiger partial charge in [-0.3, -0.25) is 0 Å². The summed E-state index contributed by atoms with van der Waals surface area (Å²) in [4.78, 5) is 11.0. The van der Waals surface area contributed by atoms with Gasteiger partial charge in [0.1, 0.15) is 5.60 Å². The molecule has 1 amide bonds. The minimum Gasteiger partial charge on any atom is -0.442 e. The van der Waals surface area contributed by atoms with Gasteiger partial charge in [0, 0.05) is 13.1 Å². The second-order valence-electron chi connectivity index (χ2n) is 3.92. The fourth-order valence-corrected chi connectivity index (χ4v) is 0.802. The maximum atomic E-state index is 11.0. The summed E-state index contributed by atoms with van der Waals surface area (Å²) in [5, 5.41) is 6.87. The summed E-state index contributed by atoms with van der Waals surface area (Å²) in [7, 11) is 0. The second-order valence-corrected chi connectivity index (χ2v) is 3.92. The molecule has 1 saturated heterocycles. The molecule has 12 heavy (non-hydrogen) atoms. The van der Waals surface area contributed by atoms with Crippen LogP contribution < -0.4 is 10.6 Å². The minimum atomic E-state index is -0.450. The van der Waals surface area contributed by atoms with Gasteiger partial charge in [-0.1, -0.05) is 0 Å². The maximum absolute atomic E-state index is 11.0. The Labute approximate surface area is 72.7 Å². The fraction of sp³-hybridized carbons (Fsp3) is 0.875. The topological polar surface area (TPSA) is 52.4 Å². The van der Waals surface area contributed by atoms with Crippen LogP contribution in [0.15, 0.2) is 0 Å². The molecule has 1 heterocycles. The quantitative estimate of drug-likeness (QED) is 0.625. The fourth-order valence-electron chi connectivity index (χ4n) is 0.802. The van der Waals surface area contributed by atoms with Gasteiger partial charge in [0.05, 0.1) is 6.04 Å². The van der Waals surface area contributed by atoms with Crippen LogP contribution in [0.25, 0.3) is 0 Å². The monoisotopic (exact) mass is 171 g/mol. The highest BCUT2D eigenvalue weighted by Crippen LogP contribution is 2.07. The van der Waals surface area contributed by atoms with E-state index >= 15 is 0 Å². The maximum Gasteiger partial charge on any atom is 0.429 e. The molecular formula is C8H15N2O2. The Bertz CT molecular complexity index is 170. The lowest BCUT2D eigenvalue weighted by Crippen LogP contribution is -2.54. The number of hydrogen-bond acceptors (Lipinski definition) is 3. The Morgan fingerprint density at radius 3 is 2.42 bits per heavy atom. The number of nitrogens with one attached hydrogen (secondary N) is 1. The third kappa shape index (κ3) is 3.09. The van der Waals surface area contributed by atoms with E-state index in [4.69, 9.17) is 4.74 Å². The third-order valence-electron chi connectivity index (χ3n) is 1.44. The summed E-state index contributed by atoms with van der Waals surface area (Å²) in [6.07, 6.45) is -0.450. The smallest absolute Gasteiger partial charge is 0.429 e. The average Bonchev–Trinajstić information content (AvgIpc) is 1.74. The number of nitrogens with zero attached hydrogens (tertiary/aromatic N) is 1. The zero-order valence-electron chi connectivity index (χ0n) is 7.76. The molecule has 4 nitrogen and oxygen atoms in total. The first kappa shape index (κ1) is 9.32. The SMILES string of the molecule is CC(C)(C)OC(=O)[N]C1CNC1. The van der Waals surface area contributed by atoms with Crippen LogP contribution in [0.1, 0.15) is 20.8 Å². The van der Waals surface area contributed by atoms with Crippen molar-refractivity contribution in [3.05, 3.63) is 0 Å². The van der Waals surface area contributed by atoms with Gasteiger partial charge in [0.2, 0.25) is 0 Å². The molecule has 1 rings (SSSR count). The molecule has 0 aromatic carbocycles. The van der Waals surface area contributed by atoms with Gasteiger partial charge < -0.3 is 10.1 Å². The van der Waals surface area contributed by atoms with Crippen molar-refractivity contribution in [3.8, 4) is 0 Å². The van der Waals surface area contributed by atoms with Crippen molar-refractivity contribution in [2.24, 2.45) is 0 Å². The van der Waals surface area contributed by atoms with Crippen LogP contribution >= 0.6 is 0 Å². The number of amides is 1. The first-order valence-electron chi connectivity index (χ1n) is 4.12. The molecule has 4 heteroatoms. The largest absolute Gasteiger partial charge is 0.442 e. The zero-order valence-corrected chi connectivity index (χ0v) is 7.76. The van der Waals surface area contributed by atoms with Crippen LogP contribution in [0.2, 0.25) is 0 Å². The first-order valence-corrected chi connectivity index (χ1v) is 4.12. The van der Waals surface area contributed by atoms with Crippen LogP contribution in [0.5, 0.6) is 0 Å². The van der Waals surface area contributed by atoms with Crippen LogP contribution in [0, 0.1) is 0 Å². The lowest BCUT2D eigenvalue weighted by molar-refractivity contribution is 0.0479. The second kappa shape index (κ2) is 3.31. The van der Waals surface area contributed by atoms with Gasteiger partial charge in [-0.15, -0.1) is 0 Å². The molecule has 0 spiro atoms. The molecule has 0 unspecified atom stereocenters. The van der Waals surface area contributed by atoms with Crippen molar-refractivity contribution in [1.82, 2.24) is 10.6 Å². The zero-order chi connectivity index (χ0) is 9.19. The van der Waals surface area contributed by atoms with E-state index < -0.39 is 11.7 Å². The summed E-state index contributed by atoms with van der Waals surface area (Å²) < 4.78 is 5.01. The summed E-state index contributed by atoms with van der Waals surface area (Å²) in [5.41, 5.74) is -0.433. The molecule has 1 aliphatic rings. The Morgan fingerprint density at radius 1 is 1.50 bits per heavy atom. The number of ether oxygens (including phenoxy) is 1. The van der Waals surface area contributed by atoms with E-state index in [1.165, 1.54) is 0 Å². The molecular weight excluding hydrogens is 156 g/mol. The Balaban J connectivity index is 2.19. The van der Waals surface area contributed by atoms with Crippen molar-refractivity contribution in [2.75, 3.05) is 13.1 Å². The summed E-state index contributed by atoms with van der Waals surface area (Å²) in [6.45, 7) is 7.08. The third-order valence-corrected chi connectivity index (χ3v) is 1.44. The molecule has 1 N–H and O–H groups in total. The standard InChI is InChI=1S/C8H15N2O2/c1-8(2,3)12-7(11)10-6-4-9-5-6/h6,9H,4-5H2,1-3H3. The van der Waals surface area contributed by atoms with Crippen molar-refractivity contribution in [2.45, 2.75) is 32.4 Å². The van der Waals surface area contributed by atoms with Crippen molar-refractivity contribution < 1.29 is 9.53 Å². The lowest BCUT2D eigenvalue weighted by Gasteiger charge is -2.27. The van der Waals surface area contributed by atoms with Gasteiger partial charge in [-0.25, -0.2) is 10.1 Å². The molecule has 0 saturated carbocycles. The van der Waals surface area contributed by atoms with E-state index in [0.29, 0.717) is 0 Å². The number of carbonyl (C=O) groups is 1. The van der Waals surface area contributed by atoms with E-state index in [1.807, 2.05) is 20.8 Å². The minimum absolute atomic E-state index is 0.125. The number of rotatable bonds is 1. The highest BCUT2D eigenvalue weighted by molar-refractivity contribution is 5.67. The van der Waals surface area contributed by atoms with Gasteiger partial charge in [0.25, 0.3) is 0 Å². The molecule has 0 atom stereocenters. The Kier molecular flexibility index (Phi) is 2.57. The van der Waals surface area contributed by atoms with Crippen LogP contribution in [-0.2, 0) is 4.74 Å². The molecule has 0 bridgehead atoms. The van der Waals surface area contributed by atoms with Gasteiger partial charge in [-0.2, -0.15) is 0 Å². The average molecular weight is 171 g/mol. The Hall–Kier alpha value is -0.770. The summed E-state index contributed by atoms with van der Waals surface area (Å²) in [5.74, 6) is 0. The van der Waals surface area contributed by atoms with E-state index in [9.17, 15) is 4.79 Å². The molecule has 0 aliphatic carbocycles. The molecule has 1 fully saturated rings. The van der Waals surface area contributed by atoms with Gasteiger partial charge in [0.15, 0.2) is 0 Å². The molecule has 69 valence electrons. The van der Waals surface area contributed by atoms with Gasteiger partial charge >= 0.3 is 6.09 Å². The summed E-state index contributed by atoms with van der Waals surface area (Å²) >= 11 is 0. The number of carbonyl (C=O) groups excluding carboxylic acids is 1. The molecule has 0 aromatic heterocycles. The normalized spacial score (nSPS) is 18.2. The highest BCUT2D eigenvalue weighted by Gasteiger charge is 2.24. The molecule has 1 radical (unpaired) electrons. The van der Waals surface area contributed by atoms with Crippen molar-refractivity contribution in [3.63, 3.8) is 0 Å². The van der Waals surface area contributed by atoms with Crippen molar-refractivity contribution >= 4 is 6.09 Å². The van der Waals surface area contributed by atoms with Crippen LogP contribution in [0.3, 0.4) is 0 Å². The van der Waals surface area contributed by atoms with E-state index in [0.717, 1.165) is 13.1 Å². The lowest BCUT2D eigenvalue weighted by atomic mass is 10.2. The predicted octanol–water partition coefficient (Wildman–Crippen LogP) is 0.498. The van der Waals surface area contributed by atoms with Crippen molar-refractivity contribution in [1.29, 1.82) is 0 Å². The first-order chi connectivity index (χ1) is 5.47.